The van der Waals surface area contributed by atoms with Gasteiger partial charge in [0, 0.05) is 29.1 Å². The number of halogens is 2. The molecule has 2 atom stereocenters. The standard InChI is InChI=1S/C13H16Cl2N2O/c1-2-17-12(18)6-5-11(16)13(17)9-7-8(14)3-4-10(9)15/h3-4,7,11,13H,2,5-6,16H2,1H3. The zero-order valence-electron chi connectivity index (χ0n) is 10.2. The third-order valence-corrected chi connectivity index (χ3v) is 3.95. The number of nitrogens with zero attached hydrogens (tertiary/aromatic N) is 1. The van der Waals surface area contributed by atoms with Gasteiger partial charge in [-0.1, -0.05) is 23.2 Å². The SMILES string of the molecule is CCN1C(=O)CCC(N)C1c1cc(Cl)ccc1Cl. The summed E-state index contributed by atoms with van der Waals surface area (Å²) in [5, 5.41) is 1.21. The van der Waals surface area contributed by atoms with E-state index in [9.17, 15) is 4.79 Å². The molecule has 18 heavy (non-hydrogen) atoms. The molecule has 5 heteroatoms. The highest BCUT2D eigenvalue weighted by molar-refractivity contribution is 6.33. The molecule has 1 amide bonds. The maximum atomic E-state index is 11.9. The van der Waals surface area contributed by atoms with E-state index in [0.717, 1.165) is 5.56 Å². The summed E-state index contributed by atoms with van der Waals surface area (Å²) >= 11 is 12.2. The van der Waals surface area contributed by atoms with Crippen molar-refractivity contribution in [2.75, 3.05) is 6.54 Å². The zero-order valence-corrected chi connectivity index (χ0v) is 11.7. The first-order chi connectivity index (χ1) is 8.54. The lowest BCUT2D eigenvalue weighted by Crippen LogP contribution is -2.48. The summed E-state index contributed by atoms with van der Waals surface area (Å²) in [4.78, 5) is 13.7. The maximum Gasteiger partial charge on any atom is 0.223 e. The molecule has 0 bridgehead atoms. The van der Waals surface area contributed by atoms with Gasteiger partial charge < -0.3 is 10.6 Å². The predicted molar refractivity (Wildman–Crippen MR) is 73.8 cm³/mol. The van der Waals surface area contributed by atoms with Gasteiger partial charge in [-0.15, -0.1) is 0 Å². The van der Waals surface area contributed by atoms with Gasteiger partial charge in [0.05, 0.1) is 6.04 Å². The van der Waals surface area contributed by atoms with Crippen LogP contribution in [0.5, 0.6) is 0 Å². The summed E-state index contributed by atoms with van der Waals surface area (Å²) in [6.45, 7) is 2.57. The molecule has 1 saturated heterocycles. The number of likely N-dealkylation sites (N-methyl/N-ethyl adjacent to an activating group) is 1. The Kier molecular flexibility index (Phi) is 4.15. The molecule has 0 aliphatic carbocycles. The molecule has 1 aliphatic rings. The van der Waals surface area contributed by atoms with E-state index in [1.165, 1.54) is 0 Å². The van der Waals surface area contributed by atoms with Crippen LogP contribution in [-0.4, -0.2) is 23.4 Å². The van der Waals surface area contributed by atoms with Crippen LogP contribution in [0.25, 0.3) is 0 Å². The number of hydrogen-bond donors (Lipinski definition) is 1. The van der Waals surface area contributed by atoms with Gasteiger partial charge in [0.15, 0.2) is 0 Å². The van der Waals surface area contributed by atoms with E-state index in [1.54, 1.807) is 23.1 Å². The molecule has 2 rings (SSSR count). The highest BCUT2D eigenvalue weighted by atomic mass is 35.5. The fourth-order valence-corrected chi connectivity index (χ4v) is 2.90. The molecule has 1 aromatic carbocycles. The van der Waals surface area contributed by atoms with E-state index in [4.69, 9.17) is 28.9 Å². The number of benzene rings is 1. The first kappa shape index (κ1) is 13.7. The van der Waals surface area contributed by atoms with Crippen LogP contribution in [0.1, 0.15) is 31.4 Å². The second kappa shape index (κ2) is 5.47. The highest BCUT2D eigenvalue weighted by Gasteiger charge is 2.35. The lowest BCUT2D eigenvalue weighted by atomic mass is 9.90. The molecular formula is C13H16Cl2N2O. The maximum absolute atomic E-state index is 11.9. The molecule has 1 fully saturated rings. The number of amides is 1. The summed E-state index contributed by atoms with van der Waals surface area (Å²) in [6, 6.07) is 5.01. The van der Waals surface area contributed by atoms with Crippen molar-refractivity contribution in [3.63, 3.8) is 0 Å². The minimum Gasteiger partial charge on any atom is -0.334 e. The van der Waals surface area contributed by atoms with Crippen molar-refractivity contribution in [3.8, 4) is 0 Å². The summed E-state index contributed by atoms with van der Waals surface area (Å²) in [6.07, 6.45) is 1.19. The molecule has 1 aromatic rings. The van der Waals surface area contributed by atoms with Crippen LogP contribution in [0.2, 0.25) is 10.0 Å². The Labute approximate surface area is 117 Å². The minimum absolute atomic E-state index is 0.0985. The van der Waals surface area contributed by atoms with Crippen molar-refractivity contribution in [2.45, 2.75) is 31.8 Å². The molecule has 2 unspecified atom stereocenters. The van der Waals surface area contributed by atoms with Gasteiger partial charge in [-0.05, 0) is 37.1 Å². The first-order valence-electron chi connectivity index (χ1n) is 6.04. The Balaban J connectivity index is 2.44. The number of piperidine rings is 1. The summed E-state index contributed by atoms with van der Waals surface area (Å²) in [5.41, 5.74) is 7.00. The molecule has 0 spiro atoms. The van der Waals surface area contributed by atoms with Gasteiger partial charge in [-0.3, -0.25) is 4.79 Å². The van der Waals surface area contributed by atoms with Crippen molar-refractivity contribution in [2.24, 2.45) is 5.73 Å². The topological polar surface area (TPSA) is 46.3 Å². The third-order valence-electron chi connectivity index (χ3n) is 3.37. The Bertz CT molecular complexity index is 464. The predicted octanol–water partition coefficient (Wildman–Crippen LogP) is 3.00. The number of carbonyl (C=O) groups is 1. The van der Waals surface area contributed by atoms with Crippen LogP contribution in [0, 0.1) is 0 Å². The van der Waals surface area contributed by atoms with E-state index in [1.807, 2.05) is 6.92 Å². The normalized spacial score (nSPS) is 24.4. The second-order valence-electron chi connectivity index (χ2n) is 4.49. The monoisotopic (exact) mass is 286 g/mol. The summed E-state index contributed by atoms with van der Waals surface area (Å²) in [5.74, 6) is 0.125. The molecular weight excluding hydrogens is 271 g/mol. The lowest BCUT2D eigenvalue weighted by Gasteiger charge is -2.39. The molecule has 2 N–H and O–H groups in total. The van der Waals surface area contributed by atoms with Gasteiger partial charge >= 0.3 is 0 Å². The van der Waals surface area contributed by atoms with Crippen LogP contribution >= 0.6 is 23.2 Å². The van der Waals surface area contributed by atoms with Crippen molar-refractivity contribution in [1.29, 1.82) is 0 Å². The molecule has 1 heterocycles. The first-order valence-corrected chi connectivity index (χ1v) is 6.80. The van der Waals surface area contributed by atoms with Gasteiger partial charge in [-0.2, -0.15) is 0 Å². The second-order valence-corrected chi connectivity index (χ2v) is 5.34. The van der Waals surface area contributed by atoms with E-state index in [0.29, 0.717) is 29.4 Å². The number of likely N-dealkylation sites (tertiary alicyclic amines) is 1. The van der Waals surface area contributed by atoms with Gasteiger partial charge in [0.25, 0.3) is 0 Å². The Morgan fingerprint density at radius 1 is 1.44 bits per heavy atom. The summed E-state index contributed by atoms with van der Waals surface area (Å²) in [7, 11) is 0. The van der Waals surface area contributed by atoms with Crippen LogP contribution in [0.3, 0.4) is 0 Å². The van der Waals surface area contributed by atoms with Crippen molar-refractivity contribution in [3.05, 3.63) is 33.8 Å². The quantitative estimate of drug-likeness (QED) is 0.908. The Hall–Kier alpha value is -0.770. The van der Waals surface area contributed by atoms with E-state index in [2.05, 4.69) is 0 Å². The van der Waals surface area contributed by atoms with Crippen molar-refractivity contribution in [1.82, 2.24) is 4.90 Å². The number of nitrogens with two attached hydrogens (primary N) is 1. The average molecular weight is 287 g/mol. The molecule has 98 valence electrons. The van der Waals surface area contributed by atoms with Crippen LogP contribution in [0.15, 0.2) is 18.2 Å². The van der Waals surface area contributed by atoms with Gasteiger partial charge in [0.1, 0.15) is 0 Å². The fourth-order valence-electron chi connectivity index (χ4n) is 2.49. The molecule has 0 radical (unpaired) electrons. The van der Waals surface area contributed by atoms with Crippen molar-refractivity contribution < 1.29 is 4.79 Å². The fraction of sp³-hybridized carbons (Fsp3) is 0.462. The summed E-state index contributed by atoms with van der Waals surface area (Å²) < 4.78 is 0. The Morgan fingerprint density at radius 3 is 2.83 bits per heavy atom. The average Bonchev–Trinajstić information content (AvgIpc) is 2.35. The molecule has 1 aliphatic heterocycles. The molecule has 3 nitrogen and oxygen atoms in total. The largest absolute Gasteiger partial charge is 0.334 e. The van der Waals surface area contributed by atoms with E-state index < -0.39 is 0 Å². The lowest BCUT2D eigenvalue weighted by molar-refractivity contribution is -0.137. The van der Waals surface area contributed by atoms with Gasteiger partial charge in [0.2, 0.25) is 5.91 Å². The minimum atomic E-state index is -0.178. The Morgan fingerprint density at radius 2 is 2.17 bits per heavy atom. The van der Waals surface area contributed by atoms with Crippen LogP contribution in [0.4, 0.5) is 0 Å². The van der Waals surface area contributed by atoms with E-state index in [-0.39, 0.29) is 18.0 Å². The zero-order chi connectivity index (χ0) is 13.3. The molecule has 0 saturated carbocycles. The van der Waals surface area contributed by atoms with Crippen molar-refractivity contribution >= 4 is 29.1 Å². The number of rotatable bonds is 2. The van der Waals surface area contributed by atoms with Crippen LogP contribution < -0.4 is 5.73 Å². The number of hydrogen-bond acceptors (Lipinski definition) is 2. The van der Waals surface area contributed by atoms with Crippen LogP contribution in [-0.2, 0) is 4.79 Å². The third kappa shape index (κ3) is 2.48. The van der Waals surface area contributed by atoms with Gasteiger partial charge in [-0.25, -0.2) is 0 Å². The highest BCUT2D eigenvalue weighted by Crippen LogP contribution is 2.35. The smallest absolute Gasteiger partial charge is 0.223 e. The molecule has 0 aromatic heterocycles. The number of carbonyl (C=O) groups excluding carboxylic acids is 1. The van der Waals surface area contributed by atoms with E-state index >= 15 is 0 Å².